The number of hydrogen-bond acceptors (Lipinski definition) is 3. The molecule has 4 heteroatoms. The van der Waals surface area contributed by atoms with Gasteiger partial charge in [-0.15, -0.1) is 0 Å². The van der Waals surface area contributed by atoms with Crippen LogP contribution in [0, 0.1) is 0 Å². The summed E-state index contributed by atoms with van der Waals surface area (Å²) in [7, 11) is 2.10. The molecule has 0 unspecified atom stereocenters. The van der Waals surface area contributed by atoms with Gasteiger partial charge >= 0.3 is 0 Å². The van der Waals surface area contributed by atoms with Gasteiger partial charge in [-0.25, -0.2) is 5.43 Å². The summed E-state index contributed by atoms with van der Waals surface area (Å²) in [5.74, 6) is 0.346. The highest BCUT2D eigenvalue weighted by atomic mass is 16.2. The number of likely N-dealkylation sites (tertiary alicyclic amines) is 1. The summed E-state index contributed by atoms with van der Waals surface area (Å²) in [6.07, 6.45) is 1.87. The van der Waals surface area contributed by atoms with Crippen LogP contribution in [-0.2, 0) is 0 Å². The van der Waals surface area contributed by atoms with Crippen LogP contribution in [0.25, 0.3) is 0 Å². The Labute approximate surface area is 120 Å². The molecule has 0 aromatic heterocycles. The molecule has 1 aromatic rings. The van der Waals surface area contributed by atoms with Crippen LogP contribution < -0.4 is 5.43 Å². The van der Waals surface area contributed by atoms with Crippen molar-refractivity contribution < 1.29 is 4.79 Å². The Morgan fingerprint density at radius 2 is 1.80 bits per heavy atom. The molecular formula is C16H23N3O. The first-order chi connectivity index (χ1) is 9.56. The molecule has 0 aliphatic carbocycles. The van der Waals surface area contributed by atoms with Gasteiger partial charge in [-0.3, -0.25) is 4.79 Å². The molecule has 0 atom stereocenters. The van der Waals surface area contributed by atoms with Gasteiger partial charge in [0.2, 0.25) is 0 Å². The van der Waals surface area contributed by atoms with Gasteiger partial charge in [0.25, 0.3) is 5.91 Å². The van der Waals surface area contributed by atoms with Crippen LogP contribution in [-0.4, -0.2) is 36.7 Å². The van der Waals surface area contributed by atoms with E-state index in [1.54, 1.807) is 0 Å². The van der Waals surface area contributed by atoms with E-state index in [0.717, 1.165) is 31.6 Å². The lowest BCUT2D eigenvalue weighted by atomic mass is 10.0. The molecule has 1 N–H and O–H groups in total. The molecule has 108 valence electrons. The van der Waals surface area contributed by atoms with Gasteiger partial charge in [0.05, 0.1) is 0 Å². The molecule has 0 radical (unpaired) electrons. The second kappa shape index (κ2) is 6.66. The summed E-state index contributed by atoms with van der Waals surface area (Å²) < 4.78 is 0. The lowest BCUT2D eigenvalue weighted by molar-refractivity contribution is 0.0954. The lowest BCUT2D eigenvalue weighted by Crippen LogP contribution is -2.32. The number of rotatable bonds is 3. The maximum atomic E-state index is 12.0. The summed E-state index contributed by atoms with van der Waals surface area (Å²) in [4.78, 5) is 14.3. The molecule has 0 saturated carbocycles. The molecule has 1 aliphatic rings. The first-order valence-electron chi connectivity index (χ1n) is 7.20. The van der Waals surface area contributed by atoms with E-state index in [4.69, 9.17) is 0 Å². The van der Waals surface area contributed by atoms with Crippen LogP contribution in [0.5, 0.6) is 0 Å². The Morgan fingerprint density at radius 1 is 1.20 bits per heavy atom. The van der Waals surface area contributed by atoms with Crippen molar-refractivity contribution >= 4 is 11.6 Å². The minimum Gasteiger partial charge on any atom is -0.306 e. The Kier molecular flexibility index (Phi) is 4.90. The first kappa shape index (κ1) is 14.7. The zero-order valence-electron chi connectivity index (χ0n) is 12.5. The van der Waals surface area contributed by atoms with E-state index >= 15 is 0 Å². The molecule has 1 amide bonds. The van der Waals surface area contributed by atoms with Crippen LogP contribution in [0.1, 0.15) is 48.5 Å². The lowest BCUT2D eigenvalue weighted by Gasteiger charge is -2.22. The molecule has 0 spiro atoms. The van der Waals surface area contributed by atoms with Crippen molar-refractivity contribution in [1.29, 1.82) is 0 Å². The van der Waals surface area contributed by atoms with Crippen LogP contribution in [0.2, 0.25) is 0 Å². The number of benzene rings is 1. The number of piperidine rings is 1. The van der Waals surface area contributed by atoms with E-state index in [0.29, 0.717) is 11.5 Å². The molecule has 1 saturated heterocycles. The Balaban J connectivity index is 1.93. The highest BCUT2D eigenvalue weighted by molar-refractivity contribution is 5.95. The van der Waals surface area contributed by atoms with Crippen molar-refractivity contribution in [2.45, 2.75) is 32.6 Å². The predicted molar refractivity (Wildman–Crippen MR) is 82.2 cm³/mol. The zero-order chi connectivity index (χ0) is 14.5. The van der Waals surface area contributed by atoms with Crippen molar-refractivity contribution in [1.82, 2.24) is 10.3 Å². The standard InChI is InChI=1S/C16H23N3O/c1-12(2)13-4-6-14(7-5-13)16(20)18-17-15-8-10-19(3)11-9-15/h4-7,12H,8-11H2,1-3H3,(H,18,20). The van der Waals surface area contributed by atoms with E-state index in [-0.39, 0.29) is 5.91 Å². The SMILES string of the molecule is CC(C)c1ccc(C(=O)NN=C2CCN(C)CC2)cc1. The molecule has 1 fully saturated rings. The molecule has 1 aliphatic heterocycles. The largest absolute Gasteiger partial charge is 0.306 e. The Bertz CT molecular complexity index is 481. The second-order valence-electron chi connectivity index (χ2n) is 5.70. The maximum absolute atomic E-state index is 12.0. The number of nitrogens with zero attached hydrogens (tertiary/aromatic N) is 2. The average Bonchev–Trinajstić information content (AvgIpc) is 2.46. The van der Waals surface area contributed by atoms with Crippen molar-refractivity contribution in [2.75, 3.05) is 20.1 Å². The molecule has 0 bridgehead atoms. The second-order valence-corrected chi connectivity index (χ2v) is 5.70. The topological polar surface area (TPSA) is 44.7 Å². The molecule has 2 rings (SSSR count). The monoisotopic (exact) mass is 273 g/mol. The van der Waals surface area contributed by atoms with E-state index in [2.05, 4.69) is 36.3 Å². The fourth-order valence-electron chi connectivity index (χ4n) is 2.20. The van der Waals surface area contributed by atoms with Crippen LogP contribution in [0.15, 0.2) is 29.4 Å². The van der Waals surface area contributed by atoms with Gasteiger partial charge in [0, 0.05) is 37.2 Å². The van der Waals surface area contributed by atoms with E-state index < -0.39 is 0 Å². The van der Waals surface area contributed by atoms with E-state index in [1.165, 1.54) is 5.56 Å². The number of carbonyl (C=O) groups excluding carboxylic acids is 1. The summed E-state index contributed by atoms with van der Waals surface area (Å²) in [5.41, 5.74) is 5.64. The van der Waals surface area contributed by atoms with Gasteiger partial charge in [0.1, 0.15) is 0 Å². The minimum atomic E-state index is -0.133. The summed E-state index contributed by atoms with van der Waals surface area (Å²) >= 11 is 0. The maximum Gasteiger partial charge on any atom is 0.271 e. The number of carbonyl (C=O) groups is 1. The van der Waals surface area contributed by atoms with Crippen molar-refractivity contribution in [3.63, 3.8) is 0 Å². The van der Waals surface area contributed by atoms with E-state index in [9.17, 15) is 4.79 Å². The molecule has 1 aromatic carbocycles. The minimum absolute atomic E-state index is 0.133. The van der Waals surface area contributed by atoms with Crippen molar-refractivity contribution in [3.8, 4) is 0 Å². The van der Waals surface area contributed by atoms with Crippen molar-refractivity contribution in [2.24, 2.45) is 5.10 Å². The fourth-order valence-corrected chi connectivity index (χ4v) is 2.20. The van der Waals surface area contributed by atoms with Gasteiger partial charge in [-0.2, -0.15) is 5.10 Å². The number of nitrogens with one attached hydrogen (secondary N) is 1. The van der Waals surface area contributed by atoms with Gasteiger partial charge < -0.3 is 4.90 Å². The van der Waals surface area contributed by atoms with E-state index in [1.807, 2.05) is 24.3 Å². The first-order valence-corrected chi connectivity index (χ1v) is 7.20. The van der Waals surface area contributed by atoms with Gasteiger partial charge in [-0.05, 0) is 30.7 Å². The Hall–Kier alpha value is -1.68. The van der Waals surface area contributed by atoms with Crippen LogP contribution in [0.3, 0.4) is 0 Å². The third-order valence-corrected chi connectivity index (χ3v) is 3.72. The highest BCUT2D eigenvalue weighted by Crippen LogP contribution is 2.14. The third kappa shape index (κ3) is 3.90. The summed E-state index contributed by atoms with van der Waals surface area (Å²) in [6.45, 7) is 6.30. The van der Waals surface area contributed by atoms with Crippen molar-refractivity contribution in [3.05, 3.63) is 35.4 Å². The highest BCUT2D eigenvalue weighted by Gasteiger charge is 2.12. The fraction of sp³-hybridized carbons (Fsp3) is 0.500. The van der Waals surface area contributed by atoms with Gasteiger partial charge in [-0.1, -0.05) is 26.0 Å². The summed E-state index contributed by atoms with van der Waals surface area (Å²) in [5, 5.41) is 4.24. The normalized spacial score (nSPS) is 16.3. The molecule has 1 heterocycles. The smallest absolute Gasteiger partial charge is 0.271 e. The zero-order valence-corrected chi connectivity index (χ0v) is 12.5. The average molecular weight is 273 g/mol. The third-order valence-electron chi connectivity index (χ3n) is 3.72. The molecule has 4 nitrogen and oxygen atoms in total. The number of amides is 1. The predicted octanol–water partition coefficient (Wildman–Crippen LogP) is 2.62. The van der Waals surface area contributed by atoms with Crippen LogP contribution >= 0.6 is 0 Å². The number of hydrogen-bond donors (Lipinski definition) is 1. The Morgan fingerprint density at radius 3 is 2.35 bits per heavy atom. The number of hydrazone groups is 1. The molecular weight excluding hydrogens is 250 g/mol. The van der Waals surface area contributed by atoms with Crippen LogP contribution in [0.4, 0.5) is 0 Å². The summed E-state index contributed by atoms with van der Waals surface area (Å²) in [6, 6.07) is 7.73. The quantitative estimate of drug-likeness (QED) is 0.860. The van der Waals surface area contributed by atoms with Gasteiger partial charge in [0.15, 0.2) is 0 Å². The molecule has 20 heavy (non-hydrogen) atoms.